The summed E-state index contributed by atoms with van der Waals surface area (Å²) in [6.45, 7) is 2.35. The minimum absolute atomic E-state index is 0.0215. The van der Waals surface area contributed by atoms with Crippen LogP contribution in [-0.4, -0.2) is 17.4 Å². The Morgan fingerprint density at radius 1 is 1.12 bits per heavy atom. The summed E-state index contributed by atoms with van der Waals surface area (Å²) in [4.78, 5) is 16.4. The molecule has 6 heteroatoms. The third-order valence-electron chi connectivity index (χ3n) is 3.69. The fraction of sp³-hybridized carbons (Fsp3) is 0.158. The van der Waals surface area contributed by atoms with Crippen molar-refractivity contribution in [3.05, 3.63) is 75.6 Å². The molecular formula is C19H16F2N2OS. The fourth-order valence-corrected chi connectivity index (χ4v) is 3.07. The summed E-state index contributed by atoms with van der Waals surface area (Å²) in [5.41, 5.74) is 3.04. The number of nitrogens with one attached hydrogen (secondary N) is 1. The number of hydrogen-bond acceptors (Lipinski definition) is 3. The third kappa shape index (κ3) is 4.48. The number of hydrogen-bond donors (Lipinski definition) is 1. The van der Waals surface area contributed by atoms with Crippen molar-refractivity contribution in [3.8, 4) is 11.3 Å². The molecule has 0 bridgehead atoms. The SMILES string of the molecule is Cc1nc(-c2ccc(CCNC(=O)c3cc(F)cc(F)c3)cc2)cs1. The highest BCUT2D eigenvalue weighted by atomic mass is 32.1. The van der Waals surface area contributed by atoms with E-state index in [1.807, 2.05) is 36.6 Å². The van der Waals surface area contributed by atoms with Crippen molar-refractivity contribution < 1.29 is 13.6 Å². The van der Waals surface area contributed by atoms with Crippen LogP contribution < -0.4 is 5.32 Å². The molecule has 0 spiro atoms. The summed E-state index contributed by atoms with van der Waals surface area (Å²) in [6.07, 6.45) is 0.625. The number of rotatable bonds is 5. The van der Waals surface area contributed by atoms with Gasteiger partial charge in [-0.2, -0.15) is 0 Å². The van der Waals surface area contributed by atoms with Gasteiger partial charge in [0.25, 0.3) is 5.91 Å². The topological polar surface area (TPSA) is 42.0 Å². The average Bonchev–Trinajstić information content (AvgIpc) is 3.01. The van der Waals surface area contributed by atoms with Gasteiger partial charge in [0.05, 0.1) is 10.7 Å². The van der Waals surface area contributed by atoms with Crippen LogP contribution in [0, 0.1) is 18.6 Å². The van der Waals surface area contributed by atoms with Gasteiger partial charge in [-0.05, 0) is 31.0 Å². The van der Waals surface area contributed by atoms with E-state index >= 15 is 0 Å². The summed E-state index contributed by atoms with van der Waals surface area (Å²) in [6, 6.07) is 10.7. The Morgan fingerprint density at radius 2 is 1.80 bits per heavy atom. The number of amides is 1. The van der Waals surface area contributed by atoms with E-state index in [9.17, 15) is 13.6 Å². The second kappa shape index (κ2) is 7.53. The lowest BCUT2D eigenvalue weighted by molar-refractivity contribution is 0.0953. The number of nitrogens with zero attached hydrogens (tertiary/aromatic N) is 1. The monoisotopic (exact) mass is 358 g/mol. The Kier molecular flexibility index (Phi) is 5.19. The second-order valence-electron chi connectivity index (χ2n) is 5.61. The zero-order valence-corrected chi connectivity index (χ0v) is 14.4. The quantitative estimate of drug-likeness (QED) is 0.736. The highest BCUT2D eigenvalue weighted by Gasteiger charge is 2.09. The first kappa shape index (κ1) is 17.2. The number of halogens is 2. The molecule has 0 aliphatic rings. The predicted molar refractivity (Wildman–Crippen MR) is 94.7 cm³/mol. The molecule has 3 nitrogen and oxygen atoms in total. The van der Waals surface area contributed by atoms with Crippen molar-refractivity contribution in [1.29, 1.82) is 0 Å². The van der Waals surface area contributed by atoms with Crippen LogP contribution in [0.15, 0.2) is 47.8 Å². The minimum atomic E-state index is -0.766. The maximum Gasteiger partial charge on any atom is 0.251 e. The van der Waals surface area contributed by atoms with Gasteiger partial charge in [-0.25, -0.2) is 13.8 Å². The summed E-state index contributed by atoms with van der Waals surface area (Å²) in [7, 11) is 0. The standard InChI is InChI=1S/C19H16F2N2OS/c1-12-23-18(11-25-12)14-4-2-13(3-5-14)6-7-22-19(24)15-8-16(20)10-17(21)9-15/h2-5,8-11H,6-7H2,1H3,(H,22,24). The first-order valence-electron chi connectivity index (χ1n) is 7.77. The summed E-state index contributed by atoms with van der Waals surface area (Å²) >= 11 is 1.61. The molecule has 1 aromatic heterocycles. The summed E-state index contributed by atoms with van der Waals surface area (Å²) in [5, 5.41) is 5.71. The Morgan fingerprint density at radius 3 is 2.40 bits per heavy atom. The second-order valence-corrected chi connectivity index (χ2v) is 6.67. The van der Waals surface area contributed by atoms with E-state index in [1.165, 1.54) is 0 Å². The molecule has 2 aromatic carbocycles. The molecule has 1 N–H and O–H groups in total. The molecule has 0 saturated heterocycles. The third-order valence-corrected chi connectivity index (χ3v) is 4.47. The average molecular weight is 358 g/mol. The minimum Gasteiger partial charge on any atom is -0.352 e. The molecule has 0 unspecified atom stereocenters. The lowest BCUT2D eigenvalue weighted by Gasteiger charge is -2.06. The van der Waals surface area contributed by atoms with E-state index in [-0.39, 0.29) is 5.56 Å². The Balaban J connectivity index is 1.56. The van der Waals surface area contributed by atoms with Gasteiger partial charge in [0, 0.05) is 29.1 Å². The van der Waals surface area contributed by atoms with E-state index < -0.39 is 17.5 Å². The zero-order chi connectivity index (χ0) is 17.8. The van der Waals surface area contributed by atoms with Crippen LogP contribution in [0.3, 0.4) is 0 Å². The van der Waals surface area contributed by atoms with E-state index in [2.05, 4.69) is 10.3 Å². The molecule has 0 radical (unpaired) electrons. The maximum atomic E-state index is 13.1. The number of aromatic nitrogens is 1. The summed E-state index contributed by atoms with van der Waals surface area (Å²) in [5.74, 6) is -2.02. The van der Waals surface area contributed by atoms with Crippen LogP contribution in [0.2, 0.25) is 0 Å². The molecule has 0 aliphatic heterocycles. The van der Waals surface area contributed by atoms with Crippen LogP contribution in [0.4, 0.5) is 8.78 Å². The van der Waals surface area contributed by atoms with E-state index in [0.29, 0.717) is 13.0 Å². The molecule has 0 fully saturated rings. The van der Waals surface area contributed by atoms with Gasteiger partial charge in [0.2, 0.25) is 0 Å². The Hall–Kier alpha value is -2.60. The normalized spacial score (nSPS) is 10.7. The Labute approximate surface area is 148 Å². The summed E-state index contributed by atoms with van der Waals surface area (Å²) < 4.78 is 26.3. The Bertz CT molecular complexity index is 870. The molecule has 3 rings (SSSR count). The van der Waals surface area contributed by atoms with Crippen molar-refractivity contribution in [3.63, 3.8) is 0 Å². The van der Waals surface area contributed by atoms with Crippen molar-refractivity contribution in [2.75, 3.05) is 6.54 Å². The van der Waals surface area contributed by atoms with Gasteiger partial charge in [-0.1, -0.05) is 24.3 Å². The first-order chi connectivity index (χ1) is 12.0. The number of aryl methyl sites for hydroxylation is 1. The van der Waals surface area contributed by atoms with Gasteiger partial charge in [-0.3, -0.25) is 4.79 Å². The number of carbonyl (C=O) groups excluding carboxylic acids is 1. The largest absolute Gasteiger partial charge is 0.352 e. The molecule has 128 valence electrons. The van der Waals surface area contributed by atoms with Crippen molar-refractivity contribution >= 4 is 17.2 Å². The van der Waals surface area contributed by atoms with Crippen LogP contribution in [-0.2, 0) is 6.42 Å². The van der Waals surface area contributed by atoms with Crippen molar-refractivity contribution in [1.82, 2.24) is 10.3 Å². The molecule has 0 saturated carbocycles. The molecule has 1 heterocycles. The van der Waals surface area contributed by atoms with Crippen molar-refractivity contribution in [2.45, 2.75) is 13.3 Å². The number of benzene rings is 2. The fourth-order valence-electron chi connectivity index (χ4n) is 2.45. The van der Waals surface area contributed by atoms with Gasteiger partial charge in [0.1, 0.15) is 11.6 Å². The van der Waals surface area contributed by atoms with Gasteiger partial charge < -0.3 is 5.32 Å². The number of thiazole rings is 1. The molecule has 0 atom stereocenters. The molecule has 25 heavy (non-hydrogen) atoms. The van der Waals surface area contributed by atoms with Crippen LogP contribution in [0.25, 0.3) is 11.3 Å². The highest BCUT2D eigenvalue weighted by Crippen LogP contribution is 2.21. The van der Waals surface area contributed by atoms with Gasteiger partial charge in [-0.15, -0.1) is 11.3 Å². The molecule has 0 aliphatic carbocycles. The lowest BCUT2D eigenvalue weighted by atomic mass is 10.1. The highest BCUT2D eigenvalue weighted by molar-refractivity contribution is 7.09. The smallest absolute Gasteiger partial charge is 0.251 e. The first-order valence-corrected chi connectivity index (χ1v) is 8.65. The number of carbonyl (C=O) groups is 1. The predicted octanol–water partition coefficient (Wildman–Crippen LogP) is 4.37. The van der Waals surface area contributed by atoms with Crippen LogP contribution >= 0.6 is 11.3 Å². The zero-order valence-electron chi connectivity index (χ0n) is 13.6. The van der Waals surface area contributed by atoms with Crippen LogP contribution in [0.1, 0.15) is 20.9 Å². The van der Waals surface area contributed by atoms with E-state index in [4.69, 9.17) is 0 Å². The molecule has 1 amide bonds. The van der Waals surface area contributed by atoms with Gasteiger partial charge in [0.15, 0.2) is 0 Å². The van der Waals surface area contributed by atoms with E-state index in [0.717, 1.165) is 40.0 Å². The maximum absolute atomic E-state index is 13.1. The van der Waals surface area contributed by atoms with Crippen molar-refractivity contribution in [2.24, 2.45) is 0 Å². The molecule has 3 aromatic rings. The lowest BCUT2D eigenvalue weighted by Crippen LogP contribution is -2.25. The molecular weight excluding hydrogens is 342 g/mol. The van der Waals surface area contributed by atoms with E-state index in [1.54, 1.807) is 11.3 Å². The van der Waals surface area contributed by atoms with Gasteiger partial charge >= 0.3 is 0 Å². The van der Waals surface area contributed by atoms with Crippen LogP contribution in [0.5, 0.6) is 0 Å².